The molecule has 206 valence electrons. The second-order valence-electron chi connectivity index (χ2n) is 10.7. The van der Waals surface area contributed by atoms with Gasteiger partial charge in [0.25, 0.3) is 0 Å². The first kappa shape index (κ1) is 26.8. The zero-order valence-corrected chi connectivity index (χ0v) is 24.4. The number of allylic oxidation sites excluding steroid dienone is 4. The van der Waals surface area contributed by atoms with Crippen molar-refractivity contribution in [1.82, 2.24) is 9.97 Å². The van der Waals surface area contributed by atoms with E-state index in [4.69, 9.17) is 21.6 Å². The molecule has 0 atom stereocenters. The van der Waals surface area contributed by atoms with Crippen LogP contribution < -0.4 is 0 Å². The van der Waals surface area contributed by atoms with E-state index in [0.29, 0.717) is 5.02 Å². The summed E-state index contributed by atoms with van der Waals surface area (Å²) in [6.07, 6.45) is 10.4. The smallest absolute Gasteiger partial charge is 0.0702 e. The van der Waals surface area contributed by atoms with Crippen LogP contribution in [0.1, 0.15) is 24.0 Å². The Morgan fingerprint density at radius 3 is 1.65 bits per heavy atom. The molecular weight excluding hydrogens is 544 g/mol. The van der Waals surface area contributed by atoms with Gasteiger partial charge in [-0.25, -0.2) is 0 Å². The van der Waals surface area contributed by atoms with Gasteiger partial charge in [0.2, 0.25) is 0 Å². The summed E-state index contributed by atoms with van der Waals surface area (Å²) in [5.41, 5.74) is 13.3. The molecule has 4 aromatic carbocycles. The molecule has 2 heterocycles. The molecular formula is C40H29ClN2. The number of nitrogens with zero attached hydrogens (tertiary/aromatic N) is 2. The van der Waals surface area contributed by atoms with Crippen molar-refractivity contribution >= 4 is 22.7 Å². The van der Waals surface area contributed by atoms with Crippen molar-refractivity contribution in [2.75, 3.05) is 0 Å². The Morgan fingerprint density at radius 1 is 0.488 bits per heavy atom. The van der Waals surface area contributed by atoms with Crippen LogP contribution in [0, 0.1) is 0 Å². The van der Waals surface area contributed by atoms with E-state index >= 15 is 0 Å². The predicted molar refractivity (Wildman–Crippen MR) is 180 cm³/mol. The summed E-state index contributed by atoms with van der Waals surface area (Å²) in [5.74, 6) is 0. The molecule has 3 heteroatoms. The molecule has 43 heavy (non-hydrogen) atoms. The molecule has 0 amide bonds. The van der Waals surface area contributed by atoms with Crippen LogP contribution in [0.3, 0.4) is 0 Å². The van der Waals surface area contributed by atoms with Gasteiger partial charge in [-0.15, -0.1) is 0 Å². The molecule has 0 radical (unpaired) electrons. The summed E-state index contributed by atoms with van der Waals surface area (Å²) in [7, 11) is 0. The fraction of sp³-hybridized carbons (Fsp3) is 0.0500. The Bertz CT molecular complexity index is 1940. The standard InChI is InChI=1S/C40H29ClN2/c41-34-24-32(37-17-9-7-15-35(37)30-19-21-39(42-26-30)28-11-3-1-4-12-28)23-33(25-34)38-18-10-8-16-36(38)31-20-22-40(43-27-31)29-13-5-2-6-14-29/h1-7,9-15,17-27H,8,16H2. The van der Waals surface area contributed by atoms with Gasteiger partial charge in [0, 0.05) is 34.1 Å². The first-order valence-electron chi connectivity index (χ1n) is 14.6. The van der Waals surface area contributed by atoms with Crippen LogP contribution in [0.2, 0.25) is 5.02 Å². The van der Waals surface area contributed by atoms with Gasteiger partial charge >= 0.3 is 0 Å². The maximum absolute atomic E-state index is 6.82. The first-order valence-corrected chi connectivity index (χ1v) is 14.9. The Hall–Kier alpha value is -5.05. The Balaban J connectivity index is 1.26. The van der Waals surface area contributed by atoms with Crippen LogP contribution in [0.25, 0.3) is 55.9 Å². The zero-order valence-electron chi connectivity index (χ0n) is 23.6. The van der Waals surface area contributed by atoms with Gasteiger partial charge in [-0.1, -0.05) is 121 Å². The van der Waals surface area contributed by atoms with Gasteiger partial charge in [0.05, 0.1) is 11.4 Å². The summed E-state index contributed by atoms with van der Waals surface area (Å²) in [6, 6.07) is 44.0. The number of pyridine rings is 2. The molecule has 0 aliphatic heterocycles. The van der Waals surface area contributed by atoms with Crippen molar-refractivity contribution in [3.63, 3.8) is 0 Å². The lowest BCUT2D eigenvalue weighted by molar-refractivity contribution is 1.05. The van der Waals surface area contributed by atoms with Gasteiger partial charge in [-0.05, 0) is 82.1 Å². The molecule has 0 saturated carbocycles. The minimum atomic E-state index is 0.711. The van der Waals surface area contributed by atoms with Crippen LogP contribution in [-0.4, -0.2) is 9.97 Å². The third kappa shape index (κ3) is 5.70. The summed E-state index contributed by atoms with van der Waals surface area (Å²) in [6.45, 7) is 0. The topological polar surface area (TPSA) is 25.8 Å². The highest BCUT2D eigenvalue weighted by Crippen LogP contribution is 2.39. The van der Waals surface area contributed by atoms with Crippen LogP contribution in [0.15, 0.2) is 152 Å². The van der Waals surface area contributed by atoms with Gasteiger partial charge in [-0.3, -0.25) is 9.97 Å². The highest BCUT2D eigenvalue weighted by Gasteiger charge is 2.16. The highest BCUT2D eigenvalue weighted by atomic mass is 35.5. The second kappa shape index (κ2) is 12.1. The predicted octanol–water partition coefficient (Wildman–Crippen LogP) is 11.1. The Labute approximate surface area is 257 Å². The number of hydrogen-bond donors (Lipinski definition) is 0. The fourth-order valence-corrected chi connectivity index (χ4v) is 6.04. The van der Waals surface area contributed by atoms with E-state index in [9.17, 15) is 0 Å². The molecule has 0 fully saturated rings. The lowest BCUT2D eigenvalue weighted by Gasteiger charge is -2.19. The third-order valence-electron chi connectivity index (χ3n) is 7.94. The number of hydrogen-bond acceptors (Lipinski definition) is 2. The lowest BCUT2D eigenvalue weighted by Crippen LogP contribution is -1.97. The fourth-order valence-electron chi connectivity index (χ4n) is 5.81. The van der Waals surface area contributed by atoms with Crippen molar-refractivity contribution in [3.05, 3.63) is 168 Å². The van der Waals surface area contributed by atoms with Gasteiger partial charge in [-0.2, -0.15) is 0 Å². The maximum atomic E-state index is 6.82. The molecule has 0 spiro atoms. The van der Waals surface area contributed by atoms with Crippen LogP contribution in [-0.2, 0) is 0 Å². The summed E-state index contributed by atoms with van der Waals surface area (Å²) in [5, 5.41) is 0.711. The molecule has 0 unspecified atom stereocenters. The monoisotopic (exact) mass is 572 g/mol. The molecule has 0 saturated heterocycles. The quantitative estimate of drug-likeness (QED) is 0.198. The number of halogens is 1. The minimum absolute atomic E-state index is 0.711. The molecule has 2 aromatic heterocycles. The maximum Gasteiger partial charge on any atom is 0.0702 e. The SMILES string of the molecule is Clc1cc(C2=C(c3ccc(-c4ccccc4)nc3)CCC=C2)cc(-c2ccccc2-c2ccc(-c3ccccc3)nc2)c1. The summed E-state index contributed by atoms with van der Waals surface area (Å²) in [4.78, 5) is 9.60. The highest BCUT2D eigenvalue weighted by molar-refractivity contribution is 6.31. The van der Waals surface area contributed by atoms with Crippen LogP contribution >= 0.6 is 11.6 Å². The van der Waals surface area contributed by atoms with Crippen LogP contribution in [0.4, 0.5) is 0 Å². The van der Waals surface area contributed by atoms with E-state index in [0.717, 1.165) is 68.7 Å². The largest absolute Gasteiger partial charge is 0.256 e. The Kier molecular flexibility index (Phi) is 7.52. The molecule has 1 aliphatic carbocycles. The average Bonchev–Trinajstić information content (AvgIpc) is 3.09. The average molecular weight is 573 g/mol. The lowest BCUT2D eigenvalue weighted by atomic mass is 9.86. The molecule has 0 bridgehead atoms. The number of benzene rings is 4. The van der Waals surface area contributed by atoms with E-state index in [2.05, 4.69) is 103 Å². The van der Waals surface area contributed by atoms with E-state index < -0.39 is 0 Å². The molecule has 6 aromatic rings. The molecule has 7 rings (SSSR count). The molecule has 0 N–H and O–H groups in total. The Morgan fingerprint density at radius 2 is 1.05 bits per heavy atom. The van der Waals surface area contributed by atoms with Crippen molar-refractivity contribution in [2.45, 2.75) is 12.8 Å². The summed E-state index contributed by atoms with van der Waals surface area (Å²) < 4.78 is 0. The van der Waals surface area contributed by atoms with Crippen molar-refractivity contribution in [1.29, 1.82) is 0 Å². The zero-order chi connectivity index (χ0) is 29.0. The first-order chi connectivity index (χ1) is 21.2. The van der Waals surface area contributed by atoms with E-state index in [-0.39, 0.29) is 0 Å². The van der Waals surface area contributed by atoms with Crippen molar-refractivity contribution < 1.29 is 0 Å². The van der Waals surface area contributed by atoms with Crippen LogP contribution in [0.5, 0.6) is 0 Å². The van der Waals surface area contributed by atoms with Crippen molar-refractivity contribution in [2.24, 2.45) is 0 Å². The normalized spacial score (nSPS) is 12.9. The number of aromatic nitrogens is 2. The van der Waals surface area contributed by atoms with Crippen molar-refractivity contribution in [3.8, 4) is 44.8 Å². The molecule has 1 aliphatic rings. The molecule has 2 nitrogen and oxygen atoms in total. The van der Waals surface area contributed by atoms with Gasteiger partial charge in [0.15, 0.2) is 0 Å². The minimum Gasteiger partial charge on any atom is -0.256 e. The third-order valence-corrected chi connectivity index (χ3v) is 8.16. The number of rotatable bonds is 6. The van der Waals surface area contributed by atoms with E-state index in [1.54, 1.807) is 0 Å². The van der Waals surface area contributed by atoms with E-state index in [1.165, 1.54) is 11.1 Å². The summed E-state index contributed by atoms with van der Waals surface area (Å²) >= 11 is 6.82. The van der Waals surface area contributed by atoms with Gasteiger partial charge in [0.1, 0.15) is 0 Å². The van der Waals surface area contributed by atoms with E-state index in [1.807, 2.05) is 48.8 Å². The van der Waals surface area contributed by atoms with Gasteiger partial charge < -0.3 is 0 Å². The second-order valence-corrected chi connectivity index (χ2v) is 11.1.